The highest BCUT2D eigenvalue weighted by molar-refractivity contribution is 6.36. The van der Waals surface area contributed by atoms with Crippen LogP contribution in [0.25, 0.3) is 0 Å². The number of nitrogens with one attached hydrogen (secondary N) is 1. The third-order valence-electron chi connectivity index (χ3n) is 4.51. The Hall–Kier alpha value is -1.30. The first kappa shape index (κ1) is 17.5. The predicted octanol–water partition coefficient (Wildman–Crippen LogP) is 2.89. The van der Waals surface area contributed by atoms with Gasteiger partial charge >= 0.3 is 0 Å². The van der Waals surface area contributed by atoms with Crippen LogP contribution in [0.2, 0.25) is 10.0 Å². The van der Waals surface area contributed by atoms with Gasteiger partial charge in [0, 0.05) is 30.8 Å². The molecule has 0 aliphatic carbocycles. The third-order valence-corrected chi connectivity index (χ3v) is 5.06. The van der Waals surface area contributed by atoms with E-state index in [-0.39, 0.29) is 24.0 Å². The van der Waals surface area contributed by atoms with Crippen LogP contribution in [0.5, 0.6) is 0 Å². The molecule has 0 bridgehead atoms. The Morgan fingerprint density at radius 1 is 1.17 bits per heavy atom. The second-order valence-electron chi connectivity index (χ2n) is 6.20. The van der Waals surface area contributed by atoms with Gasteiger partial charge in [0.25, 0.3) is 5.91 Å². The molecule has 7 heteroatoms. The van der Waals surface area contributed by atoms with E-state index in [1.165, 1.54) is 0 Å². The van der Waals surface area contributed by atoms with E-state index in [4.69, 9.17) is 27.9 Å². The quantitative estimate of drug-likeness (QED) is 0.889. The molecule has 1 N–H and O–H groups in total. The molecular formula is C17H20Cl2N2O3. The zero-order chi connectivity index (χ0) is 17.1. The van der Waals surface area contributed by atoms with E-state index < -0.39 is 0 Å². The number of hydrogen-bond acceptors (Lipinski definition) is 3. The lowest BCUT2D eigenvalue weighted by Gasteiger charge is -2.33. The van der Waals surface area contributed by atoms with Gasteiger partial charge in [-0.25, -0.2) is 0 Å². The third kappa shape index (κ3) is 4.02. The fourth-order valence-corrected chi connectivity index (χ4v) is 3.63. The number of benzene rings is 1. The van der Waals surface area contributed by atoms with Crippen molar-refractivity contribution in [2.75, 3.05) is 19.7 Å². The fraction of sp³-hybridized carbons (Fsp3) is 0.529. The monoisotopic (exact) mass is 370 g/mol. The number of hydrogen-bond donors (Lipinski definition) is 1. The van der Waals surface area contributed by atoms with E-state index in [1.807, 2.05) is 0 Å². The summed E-state index contributed by atoms with van der Waals surface area (Å²) in [6, 6.07) is 4.98. The topological polar surface area (TPSA) is 58.6 Å². The molecule has 5 nitrogen and oxygen atoms in total. The van der Waals surface area contributed by atoms with Gasteiger partial charge in [-0.05, 0) is 43.9 Å². The van der Waals surface area contributed by atoms with Crippen LogP contribution >= 0.6 is 23.2 Å². The van der Waals surface area contributed by atoms with Crippen molar-refractivity contribution in [3.63, 3.8) is 0 Å². The van der Waals surface area contributed by atoms with E-state index >= 15 is 0 Å². The molecule has 24 heavy (non-hydrogen) atoms. The highest BCUT2D eigenvalue weighted by Gasteiger charge is 2.29. The Kier molecular flexibility index (Phi) is 5.64. The van der Waals surface area contributed by atoms with Gasteiger partial charge in [-0.2, -0.15) is 0 Å². The molecule has 0 spiro atoms. The minimum atomic E-state index is -0.308. The van der Waals surface area contributed by atoms with Crippen molar-refractivity contribution in [1.29, 1.82) is 0 Å². The predicted molar refractivity (Wildman–Crippen MR) is 92.5 cm³/mol. The lowest BCUT2D eigenvalue weighted by molar-refractivity contribution is -0.131. The standard InChI is InChI=1S/C17H20Cl2N2O3/c18-11-3-4-13(14(19)10-11)17(23)21-7-5-12(6-8-21)20-16(22)15-2-1-9-24-15/h3-4,10,12,15H,1-2,5-9H2,(H,20,22). The molecule has 1 aromatic carbocycles. The fourth-order valence-electron chi connectivity index (χ4n) is 3.14. The SMILES string of the molecule is O=C(NC1CCN(C(=O)c2ccc(Cl)cc2Cl)CC1)C1CCCO1. The number of rotatable bonds is 3. The summed E-state index contributed by atoms with van der Waals surface area (Å²) in [5, 5.41) is 3.90. The highest BCUT2D eigenvalue weighted by atomic mass is 35.5. The number of piperidine rings is 1. The van der Waals surface area contributed by atoms with Crippen LogP contribution < -0.4 is 5.32 Å². The number of ether oxygens (including phenoxy) is 1. The lowest BCUT2D eigenvalue weighted by Crippen LogP contribution is -2.48. The van der Waals surface area contributed by atoms with E-state index in [9.17, 15) is 9.59 Å². The van der Waals surface area contributed by atoms with Gasteiger partial charge in [0.1, 0.15) is 6.10 Å². The molecule has 1 atom stereocenters. The van der Waals surface area contributed by atoms with Gasteiger partial charge in [0.15, 0.2) is 0 Å². The Balaban J connectivity index is 1.52. The van der Waals surface area contributed by atoms with Gasteiger partial charge < -0.3 is 15.0 Å². The smallest absolute Gasteiger partial charge is 0.255 e. The van der Waals surface area contributed by atoms with Gasteiger partial charge in [-0.15, -0.1) is 0 Å². The van der Waals surface area contributed by atoms with Crippen molar-refractivity contribution in [2.45, 2.75) is 37.8 Å². The van der Waals surface area contributed by atoms with Crippen molar-refractivity contribution in [3.8, 4) is 0 Å². The maximum absolute atomic E-state index is 12.6. The zero-order valence-corrected chi connectivity index (χ0v) is 14.8. The molecule has 1 unspecified atom stereocenters. The molecule has 2 aliphatic rings. The van der Waals surface area contributed by atoms with Crippen LogP contribution in [0.1, 0.15) is 36.0 Å². The maximum Gasteiger partial charge on any atom is 0.255 e. The van der Waals surface area contributed by atoms with Crippen molar-refractivity contribution < 1.29 is 14.3 Å². The molecule has 3 rings (SSSR count). The van der Waals surface area contributed by atoms with Crippen LogP contribution in [0.15, 0.2) is 18.2 Å². The average Bonchev–Trinajstić information content (AvgIpc) is 3.09. The summed E-state index contributed by atoms with van der Waals surface area (Å²) in [5.74, 6) is -0.126. The minimum absolute atomic E-state index is 0.0296. The summed E-state index contributed by atoms with van der Waals surface area (Å²) in [5.41, 5.74) is 0.461. The number of nitrogens with zero attached hydrogens (tertiary/aromatic N) is 1. The molecule has 2 saturated heterocycles. The second-order valence-corrected chi connectivity index (χ2v) is 7.04. The molecule has 2 heterocycles. The minimum Gasteiger partial charge on any atom is -0.368 e. The Bertz CT molecular complexity index is 624. The van der Waals surface area contributed by atoms with E-state index in [0.29, 0.717) is 35.3 Å². The molecular weight excluding hydrogens is 351 g/mol. The Morgan fingerprint density at radius 2 is 1.92 bits per heavy atom. The first-order valence-corrected chi connectivity index (χ1v) is 8.96. The van der Waals surface area contributed by atoms with Crippen molar-refractivity contribution in [3.05, 3.63) is 33.8 Å². The van der Waals surface area contributed by atoms with Crippen LogP contribution in [0.4, 0.5) is 0 Å². The second kappa shape index (κ2) is 7.72. The van der Waals surface area contributed by atoms with Crippen LogP contribution in [-0.2, 0) is 9.53 Å². The van der Waals surface area contributed by atoms with E-state index in [1.54, 1.807) is 23.1 Å². The van der Waals surface area contributed by atoms with E-state index in [0.717, 1.165) is 25.7 Å². The molecule has 1 aromatic rings. The van der Waals surface area contributed by atoms with Gasteiger partial charge in [0.2, 0.25) is 5.91 Å². The summed E-state index contributed by atoms with van der Waals surface area (Å²) in [6.45, 7) is 1.84. The normalized spacial score (nSPS) is 21.8. The van der Waals surface area contributed by atoms with Gasteiger partial charge in [0.05, 0.1) is 10.6 Å². The summed E-state index contributed by atoms with van der Waals surface area (Å²) >= 11 is 12.0. The molecule has 0 saturated carbocycles. The van der Waals surface area contributed by atoms with Crippen molar-refractivity contribution in [2.24, 2.45) is 0 Å². The first-order chi connectivity index (χ1) is 11.5. The average molecular weight is 371 g/mol. The number of amides is 2. The molecule has 2 fully saturated rings. The summed E-state index contributed by atoms with van der Waals surface area (Å²) < 4.78 is 5.39. The maximum atomic E-state index is 12.6. The number of carbonyl (C=O) groups is 2. The molecule has 2 amide bonds. The number of likely N-dealkylation sites (tertiary alicyclic amines) is 1. The van der Waals surface area contributed by atoms with Gasteiger partial charge in [-0.1, -0.05) is 23.2 Å². The van der Waals surface area contributed by atoms with E-state index in [2.05, 4.69) is 5.32 Å². The van der Waals surface area contributed by atoms with Gasteiger partial charge in [-0.3, -0.25) is 9.59 Å². The summed E-state index contributed by atoms with van der Waals surface area (Å²) in [7, 11) is 0. The van der Waals surface area contributed by atoms with Crippen LogP contribution in [-0.4, -0.2) is 48.6 Å². The molecule has 0 aromatic heterocycles. The van der Waals surface area contributed by atoms with Crippen LogP contribution in [0.3, 0.4) is 0 Å². The molecule has 130 valence electrons. The van der Waals surface area contributed by atoms with Crippen molar-refractivity contribution in [1.82, 2.24) is 10.2 Å². The molecule has 2 aliphatic heterocycles. The largest absolute Gasteiger partial charge is 0.368 e. The Morgan fingerprint density at radius 3 is 2.54 bits per heavy atom. The summed E-state index contributed by atoms with van der Waals surface area (Å²) in [6.07, 6.45) is 2.88. The first-order valence-electron chi connectivity index (χ1n) is 8.21. The van der Waals surface area contributed by atoms with Crippen LogP contribution in [0, 0.1) is 0 Å². The number of carbonyl (C=O) groups excluding carboxylic acids is 2. The number of halogens is 2. The summed E-state index contributed by atoms with van der Waals surface area (Å²) in [4.78, 5) is 26.4. The lowest BCUT2D eigenvalue weighted by atomic mass is 10.0. The highest BCUT2D eigenvalue weighted by Crippen LogP contribution is 2.24. The Labute approximate surface area is 151 Å². The molecule has 0 radical (unpaired) electrons. The van der Waals surface area contributed by atoms with Crippen molar-refractivity contribution >= 4 is 35.0 Å². The zero-order valence-electron chi connectivity index (χ0n) is 13.3.